The van der Waals surface area contributed by atoms with Crippen LogP contribution in [0, 0.1) is 6.92 Å². The zero-order valence-corrected chi connectivity index (χ0v) is 18.6. The zero-order valence-electron chi connectivity index (χ0n) is 16.9. The first-order valence-electron chi connectivity index (χ1n) is 8.90. The SMILES string of the molecule is CSc1ccc(C[NH+](C)CC(=O)Nc2ccc(C)c(S(=O)(=O)N(C)C)c2)cc1. The zero-order chi connectivity index (χ0) is 20.9. The molecule has 8 heteroatoms. The average molecular weight is 423 g/mol. The van der Waals surface area contributed by atoms with Gasteiger partial charge in [-0.15, -0.1) is 11.8 Å². The van der Waals surface area contributed by atoms with Crippen molar-refractivity contribution in [2.24, 2.45) is 0 Å². The summed E-state index contributed by atoms with van der Waals surface area (Å²) in [6.45, 7) is 2.76. The maximum Gasteiger partial charge on any atom is 0.279 e. The highest BCUT2D eigenvalue weighted by atomic mass is 32.2. The fraction of sp³-hybridized carbons (Fsp3) is 0.350. The van der Waals surface area contributed by atoms with Gasteiger partial charge in [0.15, 0.2) is 6.54 Å². The lowest BCUT2D eigenvalue weighted by Crippen LogP contribution is -3.08. The Bertz CT molecular complexity index is 926. The fourth-order valence-corrected chi connectivity index (χ4v) is 4.34. The van der Waals surface area contributed by atoms with Crippen molar-refractivity contribution in [2.75, 3.05) is 39.3 Å². The number of nitrogens with zero attached hydrogens (tertiary/aromatic N) is 1. The molecule has 1 unspecified atom stereocenters. The third-order valence-corrected chi connectivity index (χ3v) is 7.06. The van der Waals surface area contributed by atoms with E-state index >= 15 is 0 Å². The van der Waals surface area contributed by atoms with Crippen LogP contribution in [-0.2, 0) is 21.4 Å². The molecule has 0 radical (unpaired) electrons. The molecule has 0 heterocycles. The number of benzene rings is 2. The third-order valence-electron chi connectivity index (χ3n) is 4.36. The van der Waals surface area contributed by atoms with E-state index in [1.54, 1.807) is 30.8 Å². The Morgan fingerprint density at radius 3 is 2.36 bits per heavy atom. The summed E-state index contributed by atoms with van der Waals surface area (Å²) >= 11 is 1.70. The number of quaternary nitrogens is 1. The van der Waals surface area contributed by atoms with E-state index in [1.165, 1.54) is 29.4 Å². The van der Waals surface area contributed by atoms with Gasteiger partial charge in [0.05, 0.1) is 11.9 Å². The molecule has 0 saturated carbocycles. The summed E-state index contributed by atoms with van der Waals surface area (Å²) in [5.41, 5.74) is 2.29. The van der Waals surface area contributed by atoms with Crippen molar-refractivity contribution in [3.05, 3.63) is 53.6 Å². The van der Waals surface area contributed by atoms with Crippen molar-refractivity contribution in [1.82, 2.24) is 4.31 Å². The number of nitrogens with one attached hydrogen (secondary N) is 2. The highest BCUT2D eigenvalue weighted by Gasteiger charge is 2.20. The number of carbonyl (C=O) groups is 1. The molecule has 2 N–H and O–H groups in total. The van der Waals surface area contributed by atoms with Crippen molar-refractivity contribution < 1.29 is 18.1 Å². The number of sulfonamides is 1. The largest absolute Gasteiger partial charge is 0.326 e. The Kier molecular flexibility index (Phi) is 7.65. The summed E-state index contributed by atoms with van der Waals surface area (Å²) in [5.74, 6) is -0.157. The molecular formula is C20H28N3O3S2+. The predicted molar refractivity (Wildman–Crippen MR) is 114 cm³/mol. The molecule has 0 saturated heterocycles. The number of carbonyl (C=O) groups excluding carboxylic acids is 1. The molecule has 0 aromatic heterocycles. The minimum Gasteiger partial charge on any atom is -0.326 e. The van der Waals surface area contributed by atoms with Crippen LogP contribution in [0.25, 0.3) is 0 Å². The maximum absolute atomic E-state index is 12.4. The Balaban J connectivity index is 2.02. The summed E-state index contributed by atoms with van der Waals surface area (Å²) in [7, 11) is 1.38. The van der Waals surface area contributed by atoms with Gasteiger partial charge in [0, 0.05) is 30.2 Å². The van der Waals surface area contributed by atoms with Crippen molar-refractivity contribution >= 4 is 33.4 Å². The highest BCUT2D eigenvalue weighted by molar-refractivity contribution is 7.98. The molecular weight excluding hydrogens is 394 g/mol. The van der Waals surface area contributed by atoms with E-state index in [2.05, 4.69) is 29.6 Å². The van der Waals surface area contributed by atoms with Gasteiger partial charge in [0.2, 0.25) is 10.0 Å². The molecule has 0 spiro atoms. The maximum atomic E-state index is 12.4. The first-order valence-corrected chi connectivity index (χ1v) is 11.6. The number of likely N-dealkylation sites (N-methyl/N-ethyl adjacent to an activating group) is 1. The second kappa shape index (κ2) is 9.56. The predicted octanol–water partition coefficient (Wildman–Crippen LogP) is 1.62. The normalized spacial score (nSPS) is 12.8. The molecule has 0 fully saturated rings. The van der Waals surface area contributed by atoms with Crippen molar-refractivity contribution in [3.8, 4) is 0 Å². The van der Waals surface area contributed by atoms with Gasteiger partial charge in [0.25, 0.3) is 5.91 Å². The molecule has 1 amide bonds. The number of hydrogen-bond donors (Lipinski definition) is 2. The second-order valence-electron chi connectivity index (χ2n) is 6.97. The van der Waals surface area contributed by atoms with Crippen LogP contribution < -0.4 is 10.2 Å². The van der Waals surface area contributed by atoms with Crippen molar-refractivity contribution in [3.63, 3.8) is 0 Å². The van der Waals surface area contributed by atoms with Crippen LogP contribution in [0.3, 0.4) is 0 Å². The number of amides is 1. The lowest BCUT2D eigenvalue weighted by molar-refractivity contribution is -0.885. The molecule has 1 atom stereocenters. The highest BCUT2D eigenvalue weighted by Crippen LogP contribution is 2.22. The Morgan fingerprint density at radius 1 is 1.14 bits per heavy atom. The van der Waals surface area contributed by atoms with Gasteiger partial charge in [-0.3, -0.25) is 4.79 Å². The minimum atomic E-state index is -3.56. The molecule has 2 aromatic carbocycles. The topological polar surface area (TPSA) is 70.9 Å². The number of anilines is 1. The van der Waals surface area contributed by atoms with Crippen LogP contribution in [0.1, 0.15) is 11.1 Å². The Morgan fingerprint density at radius 2 is 1.79 bits per heavy atom. The summed E-state index contributed by atoms with van der Waals surface area (Å²) < 4.78 is 26.0. The minimum absolute atomic E-state index is 0.157. The number of rotatable bonds is 8. The first-order chi connectivity index (χ1) is 13.1. The van der Waals surface area contributed by atoms with Gasteiger partial charge in [-0.25, -0.2) is 12.7 Å². The second-order valence-corrected chi connectivity index (χ2v) is 9.97. The lowest BCUT2D eigenvalue weighted by atomic mass is 10.2. The molecule has 0 aliphatic rings. The van der Waals surface area contributed by atoms with E-state index in [9.17, 15) is 13.2 Å². The summed E-state index contributed by atoms with van der Waals surface area (Å²) in [5, 5.41) is 2.81. The van der Waals surface area contributed by atoms with E-state index < -0.39 is 10.0 Å². The monoisotopic (exact) mass is 422 g/mol. The van der Waals surface area contributed by atoms with E-state index in [0.717, 1.165) is 17.0 Å². The molecule has 2 aromatic rings. The van der Waals surface area contributed by atoms with E-state index in [0.29, 0.717) is 11.3 Å². The number of aryl methyl sites for hydroxylation is 1. The van der Waals surface area contributed by atoms with Gasteiger partial charge < -0.3 is 10.2 Å². The molecule has 2 rings (SSSR count). The Labute approximate surface area is 172 Å². The van der Waals surface area contributed by atoms with Crippen molar-refractivity contribution in [2.45, 2.75) is 23.3 Å². The van der Waals surface area contributed by atoms with Gasteiger partial charge in [-0.1, -0.05) is 18.2 Å². The summed E-state index contributed by atoms with van der Waals surface area (Å²) in [6, 6.07) is 13.2. The van der Waals surface area contributed by atoms with Crippen LogP contribution in [0.5, 0.6) is 0 Å². The summed E-state index contributed by atoms with van der Waals surface area (Å²) in [4.78, 5) is 14.9. The van der Waals surface area contributed by atoms with Gasteiger partial charge >= 0.3 is 0 Å². The molecule has 0 bridgehead atoms. The van der Waals surface area contributed by atoms with Crippen LogP contribution in [-0.4, -0.2) is 52.6 Å². The average Bonchev–Trinajstić information content (AvgIpc) is 2.63. The van der Waals surface area contributed by atoms with Crippen molar-refractivity contribution in [1.29, 1.82) is 0 Å². The Hall–Kier alpha value is -1.87. The third kappa shape index (κ3) is 5.81. The number of thioether (sulfide) groups is 1. The van der Waals surface area contributed by atoms with Crippen LogP contribution in [0.2, 0.25) is 0 Å². The lowest BCUT2D eigenvalue weighted by Gasteiger charge is -2.16. The standard InChI is InChI=1S/C20H27N3O3S2/c1-15-6-9-17(12-19(15)28(25,26)22(2)3)21-20(24)14-23(4)13-16-7-10-18(27-5)11-8-16/h6-12H,13-14H2,1-5H3,(H,21,24)/p+1. The molecule has 6 nitrogen and oxygen atoms in total. The quantitative estimate of drug-likeness (QED) is 0.635. The van der Waals surface area contributed by atoms with Gasteiger partial charge in [-0.2, -0.15) is 0 Å². The van der Waals surface area contributed by atoms with E-state index in [-0.39, 0.29) is 17.3 Å². The van der Waals surface area contributed by atoms with E-state index in [4.69, 9.17) is 0 Å². The number of hydrogen-bond acceptors (Lipinski definition) is 4. The fourth-order valence-electron chi connectivity index (χ4n) is 2.79. The van der Waals surface area contributed by atoms with Crippen LogP contribution in [0.4, 0.5) is 5.69 Å². The molecule has 152 valence electrons. The molecule has 0 aliphatic heterocycles. The van der Waals surface area contributed by atoms with Gasteiger partial charge in [-0.05, 0) is 43.0 Å². The first kappa shape index (κ1) is 22.4. The summed E-state index contributed by atoms with van der Waals surface area (Å²) in [6.07, 6.45) is 2.04. The smallest absolute Gasteiger partial charge is 0.279 e. The van der Waals surface area contributed by atoms with Gasteiger partial charge in [0.1, 0.15) is 6.54 Å². The van der Waals surface area contributed by atoms with Crippen LogP contribution >= 0.6 is 11.8 Å². The van der Waals surface area contributed by atoms with E-state index in [1.807, 2.05) is 13.3 Å². The molecule has 28 heavy (non-hydrogen) atoms. The molecule has 0 aliphatic carbocycles. The van der Waals surface area contributed by atoms with Crippen LogP contribution in [0.15, 0.2) is 52.3 Å².